The van der Waals surface area contributed by atoms with Crippen LogP contribution in [0.5, 0.6) is 5.75 Å². The molecule has 0 aliphatic carbocycles. The second-order valence-corrected chi connectivity index (χ2v) is 6.34. The van der Waals surface area contributed by atoms with Crippen molar-refractivity contribution in [1.29, 1.82) is 0 Å². The van der Waals surface area contributed by atoms with Crippen LogP contribution in [0.15, 0.2) is 47.6 Å². The standard InChI is InChI=1S/C19H19Cl2N3O3/c1-2-27-17-7-6-15(21)10-13(17)12-22-24-19(26)9-8-18(25)23-16-5-3-4-14(20)11-16/h3-7,10-12H,2,8-9H2,1H3,(H,23,25)(H,24,26). The maximum Gasteiger partial charge on any atom is 0.240 e. The van der Waals surface area contributed by atoms with Crippen molar-refractivity contribution in [3.05, 3.63) is 58.1 Å². The van der Waals surface area contributed by atoms with E-state index in [4.69, 9.17) is 27.9 Å². The van der Waals surface area contributed by atoms with E-state index >= 15 is 0 Å². The summed E-state index contributed by atoms with van der Waals surface area (Å²) in [5.74, 6) is -0.0573. The van der Waals surface area contributed by atoms with Crippen LogP contribution in [0.4, 0.5) is 5.69 Å². The summed E-state index contributed by atoms with van der Waals surface area (Å²) < 4.78 is 5.47. The van der Waals surface area contributed by atoms with Gasteiger partial charge >= 0.3 is 0 Å². The molecule has 0 heterocycles. The van der Waals surface area contributed by atoms with E-state index < -0.39 is 0 Å². The van der Waals surface area contributed by atoms with Crippen LogP contribution in [-0.4, -0.2) is 24.6 Å². The number of hydrogen-bond donors (Lipinski definition) is 2. The normalized spacial score (nSPS) is 10.6. The minimum Gasteiger partial charge on any atom is -0.493 e. The first-order valence-corrected chi connectivity index (χ1v) is 9.03. The van der Waals surface area contributed by atoms with Gasteiger partial charge in [0.1, 0.15) is 5.75 Å². The fraction of sp³-hybridized carbons (Fsp3) is 0.211. The van der Waals surface area contributed by atoms with Crippen LogP contribution in [0.2, 0.25) is 10.0 Å². The topological polar surface area (TPSA) is 79.8 Å². The van der Waals surface area contributed by atoms with Crippen molar-refractivity contribution in [2.45, 2.75) is 19.8 Å². The number of rotatable bonds is 8. The molecule has 0 saturated carbocycles. The van der Waals surface area contributed by atoms with Gasteiger partial charge in [0, 0.05) is 34.1 Å². The average molecular weight is 408 g/mol. The lowest BCUT2D eigenvalue weighted by atomic mass is 10.2. The molecular formula is C19H19Cl2N3O3. The van der Waals surface area contributed by atoms with Crippen LogP contribution in [0.25, 0.3) is 0 Å². The molecule has 0 atom stereocenters. The van der Waals surface area contributed by atoms with Gasteiger partial charge < -0.3 is 10.1 Å². The zero-order valence-corrected chi connectivity index (χ0v) is 16.2. The summed E-state index contributed by atoms with van der Waals surface area (Å²) in [6, 6.07) is 11.9. The summed E-state index contributed by atoms with van der Waals surface area (Å²) in [4.78, 5) is 23.7. The van der Waals surface area contributed by atoms with Crippen LogP contribution >= 0.6 is 23.2 Å². The molecule has 0 aliphatic rings. The zero-order chi connectivity index (χ0) is 19.6. The van der Waals surface area contributed by atoms with E-state index in [-0.39, 0.29) is 24.7 Å². The van der Waals surface area contributed by atoms with Gasteiger partial charge in [-0.05, 0) is 43.3 Å². The number of carbonyl (C=O) groups excluding carboxylic acids is 2. The van der Waals surface area contributed by atoms with Gasteiger partial charge in [-0.3, -0.25) is 9.59 Å². The number of benzene rings is 2. The Morgan fingerprint density at radius 2 is 1.81 bits per heavy atom. The van der Waals surface area contributed by atoms with E-state index in [0.29, 0.717) is 33.7 Å². The van der Waals surface area contributed by atoms with Crippen molar-refractivity contribution < 1.29 is 14.3 Å². The molecule has 2 amide bonds. The number of amides is 2. The van der Waals surface area contributed by atoms with Gasteiger partial charge in [0.15, 0.2) is 0 Å². The molecule has 0 spiro atoms. The number of carbonyl (C=O) groups is 2. The van der Waals surface area contributed by atoms with Crippen LogP contribution in [0.1, 0.15) is 25.3 Å². The van der Waals surface area contributed by atoms with Crippen LogP contribution in [0.3, 0.4) is 0 Å². The highest BCUT2D eigenvalue weighted by atomic mass is 35.5. The molecule has 0 bridgehead atoms. The van der Waals surface area contributed by atoms with E-state index in [0.717, 1.165) is 0 Å². The Balaban J connectivity index is 1.81. The number of halogens is 2. The number of hydrogen-bond acceptors (Lipinski definition) is 4. The third-order valence-electron chi connectivity index (χ3n) is 3.35. The second kappa shape index (κ2) is 10.5. The summed E-state index contributed by atoms with van der Waals surface area (Å²) in [5, 5.41) is 7.61. The molecule has 27 heavy (non-hydrogen) atoms. The van der Waals surface area contributed by atoms with Crippen molar-refractivity contribution in [3.63, 3.8) is 0 Å². The van der Waals surface area contributed by atoms with Crippen LogP contribution in [-0.2, 0) is 9.59 Å². The quantitative estimate of drug-likeness (QED) is 0.506. The number of anilines is 1. The fourth-order valence-corrected chi connectivity index (χ4v) is 2.52. The molecule has 0 saturated heterocycles. The molecule has 6 nitrogen and oxygen atoms in total. The Bertz CT molecular complexity index is 841. The van der Waals surface area contributed by atoms with E-state index in [1.807, 2.05) is 6.92 Å². The van der Waals surface area contributed by atoms with Crippen molar-refractivity contribution in [2.75, 3.05) is 11.9 Å². The molecule has 2 N–H and O–H groups in total. The lowest BCUT2D eigenvalue weighted by Crippen LogP contribution is -2.20. The predicted octanol–water partition coefficient (Wildman–Crippen LogP) is 4.26. The average Bonchev–Trinajstić information content (AvgIpc) is 2.62. The number of nitrogens with one attached hydrogen (secondary N) is 2. The summed E-state index contributed by atoms with van der Waals surface area (Å²) in [6.45, 7) is 2.36. The van der Waals surface area contributed by atoms with Crippen molar-refractivity contribution >= 4 is 46.9 Å². The molecule has 8 heteroatoms. The summed E-state index contributed by atoms with van der Waals surface area (Å²) in [6.07, 6.45) is 1.47. The largest absolute Gasteiger partial charge is 0.493 e. The van der Waals surface area contributed by atoms with Gasteiger partial charge in [-0.25, -0.2) is 5.43 Å². The minimum absolute atomic E-state index is 0.00238. The molecule has 0 aliphatic heterocycles. The van der Waals surface area contributed by atoms with E-state index in [2.05, 4.69) is 15.8 Å². The molecule has 2 rings (SSSR count). The molecular weight excluding hydrogens is 389 g/mol. The van der Waals surface area contributed by atoms with E-state index in [1.54, 1.807) is 42.5 Å². The van der Waals surface area contributed by atoms with Gasteiger partial charge in [0.25, 0.3) is 0 Å². The van der Waals surface area contributed by atoms with Gasteiger partial charge in [0.05, 0.1) is 12.8 Å². The first kappa shape index (κ1) is 20.7. The van der Waals surface area contributed by atoms with Crippen molar-refractivity contribution in [1.82, 2.24) is 5.43 Å². The number of nitrogens with zero attached hydrogens (tertiary/aromatic N) is 1. The van der Waals surface area contributed by atoms with Crippen LogP contribution < -0.4 is 15.5 Å². The minimum atomic E-state index is -0.382. The fourth-order valence-electron chi connectivity index (χ4n) is 2.15. The molecule has 142 valence electrons. The predicted molar refractivity (Wildman–Crippen MR) is 108 cm³/mol. The highest BCUT2D eigenvalue weighted by molar-refractivity contribution is 6.31. The number of hydrazone groups is 1. The molecule has 0 aromatic heterocycles. The monoisotopic (exact) mass is 407 g/mol. The molecule has 2 aromatic rings. The van der Waals surface area contributed by atoms with Gasteiger partial charge in [0.2, 0.25) is 11.8 Å². The van der Waals surface area contributed by atoms with E-state index in [1.165, 1.54) is 6.21 Å². The maximum absolute atomic E-state index is 11.9. The first-order chi connectivity index (χ1) is 13.0. The summed E-state index contributed by atoms with van der Waals surface area (Å²) >= 11 is 11.8. The highest BCUT2D eigenvalue weighted by Crippen LogP contribution is 2.21. The third kappa shape index (κ3) is 7.29. The highest BCUT2D eigenvalue weighted by Gasteiger charge is 2.07. The molecule has 2 aromatic carbocycles. The molecule has 0 fully saturated rings. The van der Waals surface area contributed by atoms with Gasteiger partial charge in [-0.2, -0.15) is 5.10 Å². The lowest BCUT2D eigenvalue weighted by Gasteiger charge is -2.07. The van der Waals surface area contributed by atoms with Crippen molar-refractivity contribution in [2.24, 2.45) is 5.10 Å². The molecule has 0 unspecified atom stereocenters. The Kier molecular flexibility index (Phi) is 8.10. The second-order valence-electron chi connectivity index (χ2n) is 5.47. The van der Waals surface area contributed by atoms with Crippen molar-refractivity contribution in [3.8, 4) is 5.75 Å². The maximum atomic E-state index is 11.9. The zero-order valence-electron chi connectivity index (χ0n) is 14.7. The lowest BCUT2D eigenvalue weighted by molar-refractivity contribution is -0.124. The third-order valence-corrected chi connectivity index (χ3v) is 3.82. The van der Waals surface area contributed by atoms with E-state index in [9.17, 15) is 9.59 Å². The summed E-state index contributed by atoms with van der Waals surface area (Å²) in [5.41, 5.74) is 3.60. The Labute approximate surface area is 167 Å². The summed E-state index contributed by atoms with van der Waals surface area (Å²) in [7, 11) is 0. The first-order valence-electron chi connectivity index (χ1n) is 8.27. The smallest absolute Gasteiger partial charge is 0.240 e. The molecule has 0 radical (unpaired) electrons. The van der Waals surface area contributed by atoms with Crippen LogP contribution in [0, 0.1) is 0 Å². The SMILES string of the molecule is CCOc1ccc(Cl)cc1C=NNC(=O)CCC(=O)Nc1cccc(Cl)c1. The Morgan fingerprint density at radius 3 is 2.56 bits per heavy atom. The van der Waals surface area contributed by atoms with Gasteiger partial charge in [-0.1, -0.05) is 29.3 Å². The van der Waals surface area contributed by atoms with Gasteiger partial charge in [-0.15, -0.1) is 0 Å². The Morgan fingerprint density at radius 1 is 1.07 bits per heavy atom. The number of ether oxygens (including phenoxy) is 1. The Hall–Kier alpha value is -2.57.